The number of halogens is 1. The molecule has 0 saturated heterocycles. The van der Waals surface area contributed by atoms with Gasteiger partial charge in [-0.3, -0.25) is 9.48 Å². The van der Waals surface area contributed by atoms with Crippen LogP contribution in [0.3, 0.4) is 0 Å². The van der Waals surface area contributed by atoms with Crippen molar-refractivity contribution in [3.63, 3.8) is 0 Å². The van der Waals surface area contributed by atoms with Gasteiger partial charge >= 0.3 is 0 Å². The van der Waals surface area contributed by atoms with E-state index in [1.54, 1.807) is 17.9 Å². The average Bonchev–Trinajstić information content (AvgIpc) is 2.67. The summed E-state index contributed by atoms with van der Waals surface area (Å²) in [5.74, 6) is -0.268. The quantitative estimate of drug-likeness (QED) is 0.851. The number of carbonyl (C=O) groups is 1. The van der Waals surface area contributed by atoms with Crippen molar-refractivity contribution >= 4 is 27.5 Å². The van der Waals surface area contributed by atoms with Crippen molar-refractivity contribution in [3.8, 4) is 0 Å². The average molecular weight is 299 g/mol. The van der Waals surface area contributed by atoms with E-state index in [-0.39, 0.29) is 5.91 Å². The molecule has 0 aliphatic heterocycles. The SMILES string of the molecule is Cn1cc(Br)c(C(=O)NN=C2CCCCC2)n1. The lowest BCUT2D eigenvalue weighted by Crippen LogP contribution is -2.21. The third kappa shape index (κ3) is 3.15. The Bertz CT molecular complexity index is 444. The van der Waals surface area contributed by atoms with E-state index in [0.717, 1.165) is 18.6 Å². The second-order valence-electron chi connectivity index (χ2n) is 4.18. The number of carbonyl (C=O) groups excluding carboxylic acids is 1. The zero-order valence-corrected chi connectivity index (χ0v) is 11.3. The molecule has 1 aliphatic rings. The highest BCUT2D eigenvalue weighted by Crippen LogP contribution is 2.15. The maximum Gasteiger partial charge on any atom is 0.293 e. The van der Waals surface area contributed by atoms with Gasteiger partial charge < -0.3 is 0 Å². The lowest BCUT2D eigenvalue weighted by atomic mass is 9.99. The monoisotopic (exact) mass is 298 g/mol. The van der Waals surface area contributed by atoms with Crippen LogP contribution in [-0.4, -0.2) is 21.4 Å². The van der Waals surface area contributed by atoms with Crippen LogP contribution < -0.4 is 5.43 Å². The van der Waals surface area contributed by atoms with Crippen LogP contribution in [0.1, 0.15) is 42.6 Å². The van der Waals surface area contributed by atoms with Crippen molar-refractivity contribution in [1.29, 1.82) is 0 Å². The van der Waals surface area contributed by atoms with Crippen molar-refractivity contribution in [2.24, 2.45) is 12.1 Å². The van der Waals surface area contributed by atoms with Gasteiger partial charge in [-0.25, -0.2) is 5.43 Å². The number of aryl methyl sites for hydroxylation is 1. The highest BCUT2D eigenvalue weighted by atomic mass is 79.9. The molecule has 1 fully saturated rings. The molecule has 1 saturated carbocycles. The Kier molecular flexibility index (Phi) is 3.93. The lowest BCUT2D eigenvalue weighted by Gasteiger charge is -2.11. The van der Waals surface area contributed by atoms with Crippen molar-refractivity contribution in [3.05, 3.63) is 16.4 Å². The largest absolute Gasteiger partial charge is 0.293 e. The van der Waals surface area contributed by atoms with E-state index in [0.29, 0.717) is 10.2 Å². The standard InChI is InChI=1S/C11H15BrN4O/c1-16-7-9(12)10(15-16)11(17)14-13-8-5-3-2-4-6-8/h7H,2-6H2,1H3,(H,14,17). The maximum absolute atomic E-state index is 11.8. The minimum atomic E-state index is -0.268. The number of hydrogen-bond donors (Lipinski definition) is 1. The summed E-state index contributed by atoms with van der Waals surface area (Å²) in [6.07, 6.45) is 7.32. The molecule has 2 rings (SSSR count). The maximum atomic E-state index is 11.8. The Labute approximate surface area is 108 Å². The fourth-order valence-corrected chi connectivity index (χ4v) is 2.42. The summed E-state index contributed by atoms with van der Waals surface area (Å²) in [6.45, 7) is 0. The molecule has 0 aromatic carbocycles. The summed E-state index contributed by atoms with van der Waals surface area (Å²) in [7, 11) is 1.77. The highest BCUT2D eigenvalue weighted by Gasteiger charge is 2.14. The minimum Gasteiger partial charge on any atom is -0.274 e. The Balaban J connectivity index is 1.99. The third-order valence-corrected chi connectivity index (χ3v) is 3.33. The molecule has 92 valence electrons. The second-order valence-corrected chi connectivity index (χ2v) is 5.03. The lowest BCUT2D eigenvalue weighted by molar-refractivity contribution is 0.0948. The molecule has 0 radical (unpaired) electrons. The Morgan fingerprint density at radius 1 is 1.47 bits per heavy atom. The van der Waals surface area contributed by atoms with Crippen LogP contribution in [0.4, 0.5) is 0 Å². The third-order valence-electron chi connectivity index (χ3n) is 2.75. The van der Waals surface area contributed by atoms with Gasteiger partial charge in [0, 0.05) is 19.0 Å². The number of hydrazone groups is 1. The Morgan fingerprint density at radius 2 is 2.18 bits per heavy atom. The van der Waals surface area contributed by atoms with Crippen molar-refractivity contribution in [2.75, 3.05) is 0 Å². The van der Waals surface area contributed by atoms with Gasteiger partial charge in [0.2, 0.25) is 0 Å². The molecule has 0 unspecified atom stereocenters. The van der Waals surface area contributed by atoms with Crippen molar-refractivity contribution in [1.82, 2.24) is 15.2 Å². The van der Waals surface area contributed by atoms with Gasteiger partial charge in [0.1, 0.15) is 0 Å². The van der Waals surface area contributed by atoms with Crippen LogP contribution >= 0.6 is 15.9 Å². The van der Waals surface area contributed by atoms with Gasteiger partial charge in [0.05, 0.1) is 4.47 Å². The number of rotatable bonds is 2. The molecule has 1 aliphatic carbocycles. The molecule has 0 bridgehead atoms. The molecule has 1 heterocycles. The van der Waals surface area contributed by atoms with Crippen LogP contribution in [0.5, 0.6) is 0 Å². The summed E-state index contributed by atoms with van der Waals surface area (Å²) < 4.78 is 2.27. The fourth-order valence-electron chi connectivity index (χ4n) is 1.87. The number of aromatic nitrogens is 2. The topological polar surface area (TPSA) is 59.3 Å². The van der Waals surface area contributed by atoms with Crippen LogP contribution in [0.15, 0.2) is 15.8 Å². The molecule has 1 aromatic heterocycles. The first-order valence-electron chi connectivity index (χ1n) is 5.72. The summed E-state index contributed by atoms with van der Waals surface area (Å²) in [5, 5.41) is 8.22. The molecule has 0 spiro atoms. The first-order valence-corrected chi connectivity index (χ1v) is 6.51. The van der Waals surface area contributed by atoms with E-state index in [4.69, 9.17) is 0 Å². The first-order chi connectivity index (χ1) is 8.16. The van der Waals surface area contributed by atoms with Gasteiger partial charge in [0.15, 0.2) is 5.69 Å². The Hall–Kier alpha value is -1.17. The number of amides is 1. The van der Waals surface area contributed by atoms with Gasteiger partial charge in [0.25, 0.3) is 5.91 Å². The smallest absolute Gasteiger partial charge is 0.274 e. The van der Waals surface area contributed by atoms with Crippen molar-refractivity contribution in [2.45, 2.75) is 32.1 Å². The summed E-state index contributed by atoms with van der Waals surface area (Å²) >= 11 is 3.29. The van der Waals surface area contributed by atoms with E-state index in [1.807, 2.05) is 0 Å². The van der Waals surface area contributed by atoms with Gasteiger partial charge in [-0.1, -0.05) is 6.42 Å². The predicted molar refractivity (Wildman–Crippen MR) is 68.9 cm³/mol. The molecule has 5 nitrogen and oxygen atoms in total. The van der Waals surface area contributed by atoms with Crippen molar-refractivity contribution < 1.29 is 4.79 Å². The molecule has 6 heteroatoms. The molecular formula is C11H15BrN4O. The predicted octanol–water partition coefficient (Wildman–Crippen LogP) is 2.23. The zero-order chi connectivity index (χ0) is 12.3. The molecule has 17 heavy (non-hydrogen) atoms. The molecule has 0 atom stereocenters. The van der Waals surface area contributed by atoms with E-state index in [1.165, 1.54) is 19.3 Å². The van der Waals surface area contributed by atoms with E-state index >= 15 is 0 Å². The molecule has 1 aromatic rings. The van der Waals surface area contributed by atoms with Crippen LogP contribution in [-0.2, 0) is 7.05 Å². The van der Waals surface area contributed by atoms with Crippen LogP contribution in [0, 0.1) is 0 Å². The molecule has 1 amide bonds. The van der Waals surface area contributed by atoms with E-state index in [2.05, 4.69) is 31.6 Å². The number of nitrogens with zero attached hydrogens (tertiary/aromatic N) is 3. The van der Waals surface area contributed by atoms with E-state index < -0.39 is 0 Å². The second kappa shape index (κ2) is 5.44. The fraction of sp³-hybridized carbons (Fsp3) is 0.545. The summed E-state index contributed by atoms with van der Waals surface area (Å²) in [4.78, 5) is 11.8. The number of nitrogens with one attached hydrogen (secondary N) is 1. The minimum absolute atomic E-state index is 0.268. The van der Waals surface area contributed by atoms with Gasteiger partial charge in [-0.05, 0) is 41.6 Å². The van der Waals surface area contributed by atoms with Gasteiger partial charge in [-0.2, -0.15) is 10.2 Å². The summed E-state index contributed by atoms with van der Waals surface area (Å²) in [5.41, 5.74) is 4.01. The molecule has 1 N–H and O–H groups in total. The Morgan fingerprint density at radius 3 is 2.76 bits per heavy atom. The van der Waals surface area contributed by atoms with Crippen LogP contribution in [0.25, 0.3) is 0 Å². The normalized spacial score (nSPS) is 15.8. The number of hydrogen-bond acceptors (Lipinski definition) is 3. The van der Waals surface area contributed by atoms with Gasteiger partial charge in [-0.15, -0.1) is 0 Å². The summed E-state index contributed by atoms with van der Waals surface area (Å²) in [6, 6.07) is 0. The van der Waals surface area contributed by atoms with E-state index in [9.17, 15) is 4.79 Å². The zero-order valence-electron chi connectivity index (χ0n) is 9.74. The molecular weight excluding hydrogens is 284 g/mol. The van der Waals surface area contributed by atoms with Crippen LogP contribution in [0.2, 0.25) is 0 Å². The highest BCUT2D eigenvalue weighted by molar-refractivity contribution is 9.10. The first kappa shape index (κ1) is 12.3.